The van der Waals surface area contributed by atoms with Gasteiger partial charge in [0, 0.05) is 19.3 Å². The van der Waals surface area contributed by atoms with Crippen LogP contribution >= 0.6 is 11.6 Å². The number of hydrogen-bond donors (Lipinski definition) is 1. The Bertz CT molecular complexity index is 407. The van der Waals surface area contributed by atoms with Crippen molar-refractivity contribution >= 4 is 23.4 Å². The largest absolute Gasteiger partial charge is 0.478 e. The highest BCUT2D eigenvalue weighted by atomic mass is 35.5. The molecule has 0 saturated heterocycles. The number of halogens is 1. The van der Waals surface area contributed by atoms with Crippen molar-refractivity contribution in [3.05, 3.63) is 22.8 Å². The Balaban J connectivity index is 3.11. The Kier molecular flexibility index (Phi) is 4.75. The molecule has 0 bridgehead atoms. The molecule has 0 aromatic carbocycles. The number of aromatic nitrogens is 1. The Morgan fingerprint density at radius 1 is 1.59 bits per heavy atom. The number of nitrogens with zero attached hydrogens (tertiary/aromatic N) is 2. The van der Waals surface area contributed by atoms with E-state index in [4.69, 9.17) is 16.7 Å². The molecule has 0 saturated carbocycles. The Hall–Kier alpha value is -1.29. The minimum Gasteiger partial charge on any atom is -0.478 e. The van der Waals surface area contributed by atoms with Gasteiger partial charge in [-0.25, -0.2) is 9.78 Å². The molecule has 0 aliphatic carbocycles. The second kappa shape index (κ2) is 5.87. The maximum Gasteiger partial charge on any atom is 0.337 e. The number of pyridine rings is 1. The zero-order valence-corrected chi connectivity index (χ0v) is 11.0. The first-order chi connectivity index (χ1) is 7.97. The maximum atomic E-state index is 11.0. The summed E-state index contributed by atoms with van der Waals surface area (Å²) in [7, 11) is 0. The smallest absolute Gasteiger partial charge is 0.337 e. The van der Waals surface area contributed by atoms with E-state index in [-0.39, 0.29) is 10.6 Å². The second-order valence-corrected chi connectivity index (χ2v) is 4.61. The van der Waals surface area contributed by atoms with Crippen molar-refractivity contribution in [1.29, 1.82) is 0 Å². The topological polar surface area (TPSA) is 53.4 Å². The average Bonchev–Trinajstić information content (AvgIpc) is 2.26. The molecule has 1 rings (SSSR count). The van der Waals surface area contributed by atoms with Gasteiger partial charge < -0.3 is 10.0 Å². The lowest BCUT2D eigenvalue weighted by Crippen LogP contribution is -2.28. The molecular weight excluding hydrogens is 240 g/mol. The molecule has 5 heteroatoms. The van der Waals surface area contributed by atoms with E-state index in [9.17, 15) is 4.79 Å². The first kappa shape index (κ1) is 13.8. The van der Waals surface area contributed by atoms with Gasteiger partial charge >= 0.3 is 5.97 Å². The third-order valence-electron chi connectivity index (χ3n) is 2.37. The molecule has 1 heterocycles. The number of aromatic carboxylic acids is 1. The SMILES string of the molecule is CCN(CC(C)C)c1nccc(C(=O)O)c1Cl. The first-order valence-electron chi connectivity index (χ1n) is 5.60. The third-order valence-corrected chi connectivity index (χ3v) is 2.74. The lowest BCUT2D eigenvalue weighted by atomic mass is 10.2. The second-order valence-electron chi connectivity index (χ2n) is 4.23. The van der Waals surface area contributed by atoms with Crippen molar-refractivity contribution in [3.63, 3.8) is 0 Å². The van der Waals surface area contributed by atoms with Crippen molar-refractivity contribution in [2.24, 2.45) is 5.92 Å². The first-order valence-corrected chi connectivity index (χ1v) is 5.97. The average molecular weight is 257 g/mol. The fraction of sp³-hybridized carbons (Fsp3) is 0.500. The highest BCUT2D eigenvalue weighted by molar-refractivity contribution is 6.35. The van der Waals surface area contributed by atoms with Crippen LogP contribution in [0, 0.1) is 5.92 Å². The minimum atomic E-state index is -1.03. The monoisotopic (exact) mass is 256 g/mol. The number of hydrogen-bond acceptors (Lipinski definition) is 3. The molecule has 0 amide bonds. The molecule has 0 spiro atoms. The normalized spacial score (nSPS) is 10.6. The molecule has 1 N–H and O–H groups in total. The van der Waals surface area contributed by atoms with Crippen molar-refractivity contribution in [3.8, 4) is 0 Å². The van der Waals surface area contributed by atoms with Gasteiger partial charge in [-0.2, -0.15) is 0 Å². The predicted octanol–water partition coefficient (Wildman–Crippen LogP) is 2.92. The Labute approximate surface area is 106 Å². The van der Waals surface area contributed by atoms with Crippen LogP contribution < -0.4 is 4.90 Å². The highest BCUT2D eigenvalue weighted by Gasteiger charge is 2.17. The van der Waals surface area contributed by atoms with Crippen LogP contribution in [-0.4, -0.2) is 29.1 Å². The summed E-state index contributed by atoms with van der Waals surface area (Å²) in [5, 5.41) is 9.21. The van der Waals surface area contributed by atoms with E-state index in [1.54, 1.807) is 0 Å². The molecule has 0 unspecified atom stereocenters. The Morgan fingerprint density at radius 3 is 2.71 bits per heavy atom. The van der Waals surface area contributed by atoms with Crippen LogP contribution in [0.1, 0.15) is 31.1 Å². The van der Waals surface area contributed by atoms with Crippen molar-refractivity contribution in [2.75, 3.05) is 18.0 Å². The fourth-order valence-electron chi connectivity index (χ4n) is 1.62. The lowest BCUT2D eigenvalue weighted by Gasteiger charge is -2.25. The molecular formula is C12H17ClN2O2. The van der Waals surface area contributed by atoms with Crippen LogP contribution in [0.5, 0.6) is 0 Å². The van der Waals surface area contributed by atoms with E-state index in [1.807, 2.05) is 11.8 Å². The molecule has 17 heavy (non-hydrogen) atoms. The molecule has 0 aliphatic rings. The van der Waals surface area contributed by atoms with E-state index in [0.717, 1.165) is 13.1 Å². The van der Waals surface area contributed by atoms with Crippen LogP contribution in [-0.2, 0) is 0 Å². The number of carbonyl (C=O) groups is 1. The summed E-state index contributed by atoms with van der Waals surface area (Å²) in [4.78, 5) is 17.1. The molecule has 0 fully saturated rings. The molecule has 94 valence electrons. The molecule has 0 aliphatic heterocycles. The van der Waals surface area contributed by atoms with E-state index >= 15 is 0 Å². The van der Waals surface area contributed by atoms with Crippen LogP contribution in [0.15, 0.2) is 12.3 Å². The summed E-state index contributed by atoms with van der Waals surface area (Å²) < 4.78 is 0. The van der Waals surface area contributed by atoms with Crippen molar-refractivity contribution < 1.29 is 9.90 Å². The van der Waals surface area contributed by atoms with Crippen LogP contribution in [0.25, 0.3) is 0 Å². The molecule has 1 aromatic heterocycles. The van der Waals surface area contributed by atoms with Gasteiger partial charge in [-0.05, 0) is 18.9 Å². The van der Waals surface area contributed by atoms with Gasteiger partial charge in [-0.1, -0.05) is 25.4 Å². The van der Waals surface area contributed by atoms with Gasteiger partial charge in [0.2, 0.25) is 0 Å². The summed E-state index contributed by atoms with van der Waals surface area (Å²) in [6.07, 6.45) is 1.48. The van der Waals surface area contributed by atoms with Crippen molar-refractivity contribution in [1.82, 2.24) is 4.98 Å². The number of anilines is 1. The quantitative estimate of drug-likeness (QED) is 0.880. The van der Waals surface area contributed by atoms with Crippen LogP contribution in [0.4, 0.5) is 5.82 Å². The van der Waals surface area contributed by atoms with Gasteiger partial charge in [0.25, 0.3) is 0 Å². The summed E-state index contributed by atoms with van der Waals surface area (Å²) in [6, 6.07) is 1.41. The molecule has 0 radical (unpaired) electrons. The van der Waals surface area contributed by atoms with E-state index in [1.165, 1.54) is 12.3 Å². The summed E-state index contributed by atoms with van der Waals surface area (Å²) >= 11 is 6.08. The van der Waals surface area contributed by atoms with Crippen molar-refractivity contribution in [2.45, 2.75) is 20.8 Å². The van der Waals surface area contributed by atoms with Crippen LogP contribution in [0.2, 0.25) is 5.02 Å². The number of rotatable bonds is 5. The van der Waals surface area contributed by atoms with E-state index in [0.29, 0.717) is 11.7 Å². The summed E-state index contributed by atoms with van der Waals surface area (Å²) in [5.74, 6) is -0.0247. The van der Waals surface area contributed by atoms with E-state index < -0.39 is 5.97 Å². The lowest BCUT2D eigenvalue weighted by molar-refractivity contribution is 0.0697. The fourth-order valence-corrected chi connectivity index (χ4v) is 1.94. The van der Waals surface area contributed by atoms with Gasteiger partial charge in [0.05, 0.1) is 10.6 Å². The zero-order chi connectivity index (χ0) is 13.0. The van der Waals surface area contributed by atoms with Gasteiger partial charge in [0.15, 0.2) is 0 Å². The number of carboxylic acids is 1. The Morgan fingerprint density at radius 2 is 2.24 bits per heavy atom. The predicted molar refractivity (Wildman–Crippen MR) is 68.9 cm³/mol. The standard InChI is InChI=1S/C12H17ClN2O2/c1-4-15(7-8(2)3)11-10(13)9(12(16)17)5-6-14-11/h5-6,8H,4,7H2,1-3H3,(H,16,17). The van der Waals surface area contributed by atoms with E-state index in [2.05, 4.69) is 18.8 Å². The minimum absolute atomic E-state index is 0.0962. The zero-order valence-electron chi connectivity index (χ0n) is 10.3. The summed E-state index contributed by atoms with van der Waals surface area (Å²) in [5.41, 5.74) is 0.0962. The molecule has 4 nitrogen and oxygen atoms in total. The maximum absolute atomic E-state index is 11.0. The third kappa shape index (κ3) is 3.33. The van der Waals surface area contributed by atoms with Gasteiger partial charge in [0.1, 0.15) is 5.82 Å². The van der Waals surface area contributed by atoms with Crippen LogP contribution in [0.3, 0.4) is 0 Å². The molecule has 0 atom stereocenters. The summed E-state index contributed by atoms with van der Waals surface area (Å²) in [6.45, 7) is 7.73. The highest BCUT2D eigenvalue weighted by Crippen LogP contribution is 2.27. The number of carboxylic acid groups (broad SMARTS) is 1. The van der Waals surface area contributed by atoms with Gasteiger partial charge in [-0.3, -0.25) is 0 Å². The molecule has 1 aromatic rings. The van der Waals surface area contributed by atoms with Gasteiger partial charge in [-0.15, -0.1) is 0 Å².